The van der Waals surface area contributed by atoms with Gasteiger partial charge in [0.05, 0.1) is 5.69 Å². The average Bonchev–Trinajstić information content (AvgIpc) is 2.38. The highest BCUT2D eigenvalue weighted by Crippen LogP contribution is 2.34. The molecule has 7 heteroatoms. The molecule has 0 heterocycles. The summed E-state index contributed by atoms with van der Waals surface area (Å²) in [7, 11) is -3.60. The molecule has 4 nitrogen and oxygen atoms in total. The summed E-state index contributed by atoms with van der Waals surface area (Å²) in [4.78, 5) is 0.151. The molecule has 120 valence electrons. The zero-order valence-electron chi connectivity index (χ0n) is 12.6. The van der Waals surface area contributed by atoms with Crippen molar-refractivity contribution in [3.8, 4) is 0 Å². The van der Waals surface area contributed by atoms with E-state index in [9.17, 15) is 8.42 Å². The number of hydrogen-bond donors (Lipinski definition) is 1. The van der Waals surface area contributed by atoms with Crippen LogP contribution in [0, 0.1) is 5.92 Å². The first-order valence-corrected chi connectivity index (χ1v) is 10.0. The van der Waals surface area contributed by atoms with Gasteiger partial charge < -0.3 is 5.73 Å². The molecule has 2 N–H and O–H groups in total. The number of benzene rings is 1. The first-order chi connectivity index (χ1) is 9.77. The lowest BCUT2D eigenvalue weighted by atomic mass is 10.0. The van der Waals surface area contributed by atoms with E-state index in [2.05, 4.69) is 45.7 Å². The van der Waals surface area contributed by atoms with Crippen LogP contribution in [0.3, 0.4) is 0 Å². The van der Waals surface area contributed by atoms with E-state index in [0.717, 1.165) is 17.3 Å². The topological polar surface area (TPSA) is 63.4 Å². The number of rotatable bonds is 7. The maximum Gasteiger partial charge on any atom is 0.246 e. The molecule has 0 bridgehead atoms. The third-order valence-corrected chi connectivity index (χ3v) is 7.01. The molecule has 0 atom stereocenters. The third-order valence-electron chi connectivity index (χ3n) is 3.60. The zero-order valence-corrected chi connectivity index (χ0v) is 16.6. The van der Waals surface area contributed by atoms with Crippen molar-refractivity contribution < 1.29 is 8.42 Å². The van der Waals surface area contributed by atoms with Gasteiger partial charge in [-0.15, -0.1) is 0 Å². The van der Waals surface area contributed by atoms with Gasteiger partial charge in [-0.3, -0.25) is 0 Å². The standard InChI is InChI=1S/C14H22Br2N2O2S/c1-4-10(5-2)9-18(6-3)21(19,20)14-12(16)7-11(15)8-13(14)17/h7-8,10H,4-6,9,17H2,1-3H3. The van der Waals surface area contributed by atoms with Crippen LogP contribution < -0.4 is 5.73 Å². The van der Waals surface area contributed by atoms with Crippen LogP contribution in [0.4, 0.5) is 5.69 Å². The van der Waals surface area contributed by atoms with E-state index in [0.29, 0.717) is 23.5 Å². The maximum atomic E-state index is 12.9. The molecule has 21 heavy (non-hydrogen) atoms. The van der Waals surface area contributed by atoms with Crippen LogP contribution in [-0.2, 0) is 10.0 Å². The Kier molecular flexibility index (Phi) is 7.16. The van der Waals surface area contributed by atoms with Gasteiger partial charge >= 0.3 is 0 Å². The summed E-state index contributed by atoms with van der Waals surface area (Å²) in [5, 5.41) is 0. The quantitative estimate of drug-likeness (QED) is 0.643. The molecule has 0 amide bonds. The monoisotopic (exact) mass is 440 g/mol. The largest absolute Gasteiger partial charge is 0.398 e. The molecule has 0 aliphatic rings. The Hall–Kier alpha value is -0.110. The second kappa shape index (κ2) is 7.94. The van der Waals surface area contributed by atoms with Crippen molar-refractivity contribution in [3.05, 3.63) is 21.1 Å². The molecule has 0 saturated heterocycles. The SMILES string of the molecule is CCC(CC)CN(CC)S(=O)(=O)c1c(N)cc(Br)cc1Br. The Labute approximate surface area is 144 Å². The summed E-state index contributed by atoms with van der Waals surface area (Å²) >= 11 is 6.63. The van der Waals surface area contributed by atoms with Crippen LogP contribution in [-0.4, -0.2) is 25.8 Å². The van der Waals surface area contributed by atoms with E-state index >= 15 is 0 Å². The van der Waals surface area contributed by atoms with Gasteiger partial charge in [0, 0.05) is 22.0 Å². The number of nitrogen functional groups attached to an aromatic ring is 1. The predicted octanol–water partition coefficient (Wildman–Crippen LogP) is 4.24. The minimum atomic E-state index is -3.60. The number of sulfonamides is 1. The molecule has 0 fully saturated rings. The summed E-state index contributed by atoms with van der Waals surface area (Å²) in [5.74, 6) is 0.357. The predicted molar refractivity (Wildman–Crippen MR) is 94.8 cm³/mol. The number of anilines is 1. The van der Waals surface area contributed by atoms with E-state index < -0.39 is 10.0 Å². The molecule has 0 aromatic heterocycles. The van der Waals surface area contributed by atoms with Gasteiger partial charge in [-0.05, 0) is 34.0 Å². The maximum absolute atomic E-state index is 12.9. The van der Waals surface area contributed by atoms with Crippen molar-refractivity contribution >= 4 is 47.6 Å². The van der Waals surface area contributed by atoms with Gasteiger partial charge in [0.15, 0.2) is 0 Å². The molecule has 1 aromatic rings. The van der Waals surface area contributed by atoms with Crippen molar-refractivity contribution in [3.63, 3.8) is 0 Å². The fraction of sp³-hybridized carbons (Fsp3) is 0.571. The van der Waals surface area contributed by atoms with E-state index in [-0.39, 0.29) is 10.6 Å². The highest BCUT2D eigenvalue weighted by Gasteiger charge is 2.29. The number of hydrogen-bond acceptors (Lipinski definition) is 3. The first-order valence-electron chi connectivity index (χ1n) is 7.02. The highest BCUT2D eigenvalue weighted by molar-refractivity contribution is 9.11. The van der Waals surface area contributed by atoms with Crippen LogP contribution in [0.2, 0.25) is 0 Å². The number of halogens is 2. The fourth-order valence-electron chi connectivity index (χ4n) is 2.21. The molecule has 1 aromatic carbocycles. The lowest BCUT2D eigenvalue weighted by Crippen LogP contribution is -2.35. The summed E-state index contributed by atoms with van der Waals surface area (Å²) in [5.41, 5.74) is 6.18. The van der Waals surface area contributed by atoms with Crippen molar-refractivity contribution in [1.82, 2.24) is 4.31 Å². The highest BCUT2D eigenvalue weighted by atomic mass is 79.9. The average molecular weight is 442 g/mol. The first kappa shape index (κ1) is 18.9. The summed E-state index contributed by atoms with van der Waals surface area (Å²) in [6.07, 6.45) is 1.92. The van der Waals surface area contributed by atoms with Crippen LogP contribution in [0.5, 0.6) is 0 Å². The van der Waals surface area contributed by atoms with E-state index in [1.54, 1.807) is 12.1 Å². The van der Waals surface area contributed by atoms with Gasteiger partial charge in [0.25, 0.3) is 0 Å². The Bertz CT molecular complexity index is 564. The van der Waals surface area contributed by atoms with Gasteiger partial charge in [-0.1, -0.05) is 49.5 Å². The normalized spacial score (nSPS) is 12.3. The third kappa shape index (κ3) is 4.43. The second-order valence-corrected chi connectivity index (χ2v) is 8.59. The lowest BCUT2D eigenvalue weighted by molar-refractivity contribution is 0.339. The van der Waals surface area contributed by atoms with Gasteiger partial charge in [-0.2, -0.15) is 4.31 Å². The van der Waals surface area contributed by atoms with E-state index in [1.807, 2.05) is 6.92 Å². The van der Waals surface area contributed by atoms with Crippen molar-refractivity contribution in [1.29, 1.82) is 0 Å². The van der Waals surface area contributed by atoms with Gasteiger partial charge in [0.2, 0.25) is 10.0 Å². The van der Waals surface area contributed by atoms with E-state index in [1.165, 1.54) is 4.31 Å². The minimum absolute atomic E-state index is 0.151. The number of nitrogens with zero attached hydrogens (tertiary/aromatic N) is 1. The Morgan fingerprint density at radius 2 is 1.76 bits per heavy atom. The Morgan fingerprint density at radius 3 is 2.19 bits per heavy atom. The molecular weight excluding hydrogens is 420 g/mol. The van der Waals surface area contributed by atoms with Crippen LogP contribution in [0.15, 0.2) is 26.0 Å². The Morgan fingerprint density at radius 1 is 1.19 bits per heavy atom. The molecular formula is C14H22Br2N2O2S. The van der Waals surface area contributed by atoms with Crippen LogP contribution in [0.1, 0.15) is 33.6 Å². The van der Waals surface area contributed by atoms with Gasteiger partial charge in [0.1, 0.15) is 4.90 Å². The molecule has 0 spiro atoms. The van der Waals surface area contributed by atoms with Gasteiger partial charge in [-0.25, -0.2) is 8.42 Å². The molecule has 0 aliphatic heterocycles. The molecule has 0 unspecified atom stereocenters. The van der Waals surface area contributed by atoms with Crippen molar-refractivity contribution in [2.75, 3.05) is 18.8 Å². The second-order valence-electron chi connectivity index (χ2n) is 4.94. The number of nitrogens with two attached hydrogens (primary N) is 1. The van der Waals surface area contributed by atoms with Crippen molar-refractivity contribution in [2.45, 2.75) is 38.5 Å². The van der Waals surface area contributed by atoms with Crippen LogP contribution in [0.25, 0.3) is 0 Å². The summed E-state index contributed by atoms with van der Waals surface area (Å²) in [6.45, 7) is 6.97. The zero-order chi connectivity index (χ0) is 16.2. The fourth-order valence-corrected chi connectivity index (χ4v) is 5.75. The minimum Gasteiger partial charge on any atom is -0.398 e. The van der Waals surface area contributed by atoms with Crippen LogP contribution >= 0.6 is 31.9 Å². The summed E-state index contributed by atoms with van der Waals surface area (Å²) < 4.78 is 28.5. The summed E-state index contributed by atoms with van der Waals surface area (Å²) in [6, 6.07) is 3.32. The van der Waals surface area contributed by atoms with E-state index in [4.69, 9.17) is 5.73 Å². The van der Waals surface area contributed by atoms with Crippen molar-refractivity contribution in [2.24, 2.45) is 5.92 Å². The Balaban J connectivity index is 3.25. The molecule has 0 aliphatic carbocycles. The molecule has 0 radical (unpaired) electrons. The molecule has 1 rings (SSSR count). The lowest BCUT2D eigenvalue weighted by Gasteiger charge is -2.26. The smallest absolute Gasteiger partial charge is 0.246 e. The molecule has 0 saturated carbocycles.